The van der Waals surface area contributed by atoms with Gasteiger partial charge in [-0.3, -0.25) is 0 Å². The van der Waals surface area contributed by atoms with Crippen LogP contribution in [0.3, 0.4) is 0 Å². The fourth-order valence-corrected chi connectivity index (χ4v) is 8.41. The van der Waals surface area contributed by atoms with E-state index in [1.807, 2.05) is 11.3 Å². The highest BCUT2D eigenvalue weighted by Crippen LogP contribution is 2.50. The van der Waals surface area contributed by atoms with E-state index in [4.69, 9.17) is 0 Å². The Morgan fingerprint density at radius 3 is 2.19 bits per heavy atom. The molecule has 0 aliphatic heterocycles. The van der Waals surface area contributed by atoms with Crippen molar-refractivity contribution in [1.29, 1.82) is 0 Å². The van der Waals surface area contributed by atoms with Gasteiger partial charge in [-0.1, -0.05) is 135 Å². The Hall–Kier alpha value is -5.18. The van der Waals surface area contributed by atoms with Gasteiger partial charge in [0.25, 0.3) is 0 Å². The molecule has 0 bridgehead atoms. The predicted octanol–water partition coefficient (Wildman–Crippen LogP) is 13.5. The number of thiophene rings is 1. The molecule has 1 aliphatic carbocycles. The number of allylic oxidation sites excluding steroid dienone is 5. The molecular formula is C45H37NS. The van der Waals surface area contributed by atoms with Gasteiger partial charge in [0.15, 0.2) is 0 Å². The molecule has 1 nitrogen and oxygen atoms in total. The van der Waals surface area contributed by atoms with E-state index in [9.17, 15) is 0 Å². The number of anilines is 3. The lowest BCUT2D eigenvalue weighted by atomic mass is 9.82. The quantitative estimate of drug-likeness (QED) is 0.167. The van der Waals surface area contributed by atoms with Crippen LogP contribution in [0.25, 0.3) is 47.6 Å². The average molecular weight is 624 g/mol. The van der Waals surface area contributed by atoms with E-state index in [0.717, 1.165) is 16.9 Å². The van der Waals surface area contributed by atoms with Crippen LogP contribution in [0.4, 0.5) is 17.1 Å². The zero-order valence-electron chi connectivity index (χ0n) is 27.3. The van der Waals surface area contributed by atoms with Crippen molar-refractivity contribution < 1.29 is 0 Å². The summed E-state index contributed by atoms with van der Waals surface area (Å²) in [6.45, 7) is 13.1. The predicted molar refractivity (Wildman–Crippen MR) is 207 cm³/mol. The van der Waals surface area contributed by atoms with Gasteiger partial charge in [-0.05, 0) is 88.8 Å². The molecule has 2 heteroatoms. The van der Waals surface area contributed by atoms with Crippen molar-refractivity contribution in [2.75, 3.05) is 4.90 Å². The van der Waals surface area contributed by atoms with Crippen LogP contribution >= 0.6 is 11.3 Å². The second kappa shape index (κ2) is 11.3. The number of benzene rings is 6. The standard InChI is InChI=1S/C45H37NS/c1-29(2)20-26-35-30(3)45(4,5)41-28-34(25-27-38(35)41)46(42-18-11-17-40-39-15-8-9-19-43(39)47-44(40)42)33-23-21-32(22-24-33)37-16-10-13-31-12-6-7-14-36(31)37/h6-28H,1H2,2-5H3/b26-20-. The Kier molecular flexibility index (Phi) is 7.00. The summed E-state index contributed by atoms with van der Waals surface area (Å²) in [4.78, 5) is 2.46. The van der Waals surface area contributed by atoms with Gasteiger partial charge in [-0.2, -0.15) is 0 Å². The van der Waals surface area contributed by atoms with E-state index < -0.39 is 0 Å². The maximum Gasteiger partial charge on any atom is 0.0640 e. The number of rotatable bonds is 6. The van der Waals surface area contributed by atoms with Crippen LogP contribution in [0.15, 0.2) is 157 Å². The Morgan fingerprint density at radius 1 is 0.702 bits per heavy atom. The van der Waals surface area contributed by atoms with Crippen molar-refractivity contribution in [3.63, 3.8) is 0 Å². The molecule has 7 aromatic rings. The number of fused-ring (bicyclic) bond motifs is 5. The first-order valence-electron chi connectivity index (χ1n) is 16.3. The number of hydrogen-bond donors (Lipinski definition) is 0. The minimum atomic E-state index is -0.0897. The van der Waals surface area contributed by atoms with Crippen LogP contribution < -0.4 is 4.90 Å². The maximum absolute atomic E-state index is 4.10. The van der Waals surface area contributed by atoms with Crippen molar-refractivity contribution in [2.24, 2.45) is 0 Å². The molecule has 1 aliphatic rings. The van der Waals surface area contributed by atoms with Crippen LogP contribution in [0, 0.1) is 0 Å². The first-order valence-corrected chi connectivity index (χ1v) is 17.1. The Morgan fingerprint density at radius 2 is 1.38 bits per heavy atom. The molecular weight excluding hydrogens is 587 g/mol. The zero-order chi connectivity index (χ0) is 32.3. The minimum absolute atomic E-state index is 0.0897. The van der Waals surface area contributed by atoms with Crippen LogP contribution in [-0.4, -0.2) is 0 Å². The maximum atomic E-state index is 4.10. The van der Waals surface area contributed by atoms with Gasteiger partial charge in [0.1, 0.15) is 0 Å². The molecule has 6 aromatic carbocycles. The van der Waals surface area contributed by atoms with E-state index >= 15 is 0 Å². The first-order chi connectivity index (χ1) is 22.8. The minimum Gasteiger partial charge on any atom is -0.309 e. The van der Waals surface area contributed by atoms with Gasteiger partial charge >= 0.3 is 0 Å². The van der Waals surface area contributed by atoms with Gasteiger partial charge in [0, 0.05) is 32.3 Å². The van der Waals surface area contributed by atoms with Crippen LogP contribution in [0.5, 0.6) is 0 Å². The van der Waals surface area contributed by atoms with E-state index in [1.54, 1.807) is 0 Å². The number of hydrogen-bond acceptors (Lipinski definition) is 2. The third-order valence-corrected chi connectivity index (χ3v) is 11.2. The molecule has 0 fully saturated rings. The Balaban J connectivity index is 1.31. The smallest absolute Gasteiger partial charge is 0.0640 e. The third-order valence-electron chi connectivity index (χ3n) is 9.95. The second-order valence-corrected chi connectivity index (χ2v) is 14.3. The van der Waals surface area contributed by atoms with Crippen molar-refractivity contribution in [1.82, 2.24) is 0 Å². The van der Waals surface area contributed by atoms with Gasteiger partial charge in [0.05, 0.1) is 10.4 Å². The van der Waals surface area contributed by atoms with Crippen molar-refractivity contribution in [3.8, 4) is 11.1 Å². The summed E-state index contributed by atoms with van der Waals surface area (Å²) in [6.07, 6.45) is 4.37. The van der Waals surface area contributed by atoms with Gasteiger partial charge in [-0.25, -0.2) is 0 Å². The highest BCUT2D eigenvalue weighted by Gasteiger charge is 2.35. The third kappa shape index (κ3) is 4.83. The normalized spacial score (nSPS) is 14.0. The molecule has 0 N–H and O–H groups in total. The summed E-state index contributed by atoms with van der Waals surface area (Å²) >= 11 is 1.88. The van der Waals surface area contributed by atoms with Gasteiger partial charge < -0.3 is 4.90 Å². The molecule has 0 atom stereocenters. The highest BCUT2D eigenvalue weighted by atomic mass is 32.1. The molecule has 228 valence electrons. The molecule has 1 aromatic heterocycles. The van der Waals surface area contributed by atoms with E-state index in [0.29, 0.717) is 0 Å². The summed E-state index contributed by atoms with van der Waals surface area (Å²) in [5.74, 6) is 0. The van der Waals surface area contributed by atoms with E-state index in [2.05, 4.69) is 179 Å². The summed E-state index contributed by atoms with van der Waals surface area (Å²) in [7, 11) is 0. The lowest BCUT2D eigenvalue weighted by Gasteiger charge is -2.29. The SMILES string of the molecule is C=C(C)/C=C\C1=C(C)C(C)(C)c2cc(N(c3ccc(-c4cccc5ccccc45)cc3)c3cccc4c3sc3ccccc34)ccc21. The molecule has 0 amide bonds. The summed E-state index contributed by atoms with van der Waals surface area (Å²) in [5.41, 5.74) is 12.3. The number of nitrogens with zero attached hydrogens (tertiary/aromatic N) is 1. The molecule has 0 radical (unpaired) electrons. The molecule has 0 unspecified atom stereocenters. The molecule has 47 heavy (non-hydrogen) atoms. The Labute approximate surface area is 281 Å². The van der Waals surface area contributed by atoms with Crippen LogP contribution in [-0.2, 0) is 5.41 Å². The fourth-order valence-electron chi connectivity index (χ4n) is 7.21. The lowest BCUT2D eigenvalue weighted by molar-refractivity contribution is 0.639. The van der Waals surface area contributed by atoms with Gasteiger partial charge in [0.2, 0.25) is 0 Å². The summed E-state index contributed by atoms with van der Waals surface area (Å²) < 4.78 is 2.61. The molecule has 0 saturated carbocycles. The first kappa shape index (κ1) is 29.2. The van der Waals surface area contributed by atoms with E-state index in [1.165, 1.54) is 70.0 Å². The van der Waals surface area contributed by atoms with Gasteiger partial charge in [-0.15, -0.1) is 11.3 Å². The highest BCUT2D eigenvalue weighted by molar-refractivity contribution is 7.26. The van der Waals surface area contributed by atoms with Crippen molar-refractivity contribution in [3.05, 3.63) is 168 Å². The molecule has 8 rings (SSSR count). The summed E-state index contributed by atoms with van der Waals surface area (Å²) in [6, 6.07) is 46.9. The Bertz CT molecular complexity index is 2410. The van der Waals surface area contributed by atoms with Crippen molar-refractivity contribution in [2.45, 2.75) is 33.1 Å². The average Bonchev–Trinajstić information content (AvgIpc) is 3.56. The molecule has 1 heterocycles. The largest absolute Gasteiger partial charge is 0.309 e. The molecule has 0 spiro atoms. The summed E-state index contributed by atoms with van der Waals surface area (Å²) in [5, 5.41) is 5.14. The monoisotopic (exact) mass is 623 g/mol. The molecule has 0 saturated heterocycles. The fraction of sp³-hybridized carbons (Fsp3) is 0.111. The lowest BCUT2D eigenvalue weighted by Crippen LogP contribution is -2.17. The second-order valence-electron chi connectivity index (χ2n) is 13.2. The van der Waals surface area contributed by atoms with Crippen molar-refractivity contribution >= 4 is 64.9 Å². The van der Waals surface area contributed by atoms with Crippen LogP contribution in [0.1, 0.15) is 38.8 Å². The topological polar surface area (TPSA) is 3.24 Å². The zero-order valence-corrected chi connectivity index (χ0v) is 28.2. The van der Waals surface area contributed by atoms with Crippen LogP contribution in [0.2, 0.25) is 0 Å². The van der Waals surface area contributed by atoms with E-state index in [-0.39, 0.29) is 5.41 Å².